The molecule has 1 rings (SSSR count). The summed E-state index contributed by atoms with van der Waals surface area (Å²) >= 11 is 0. The highest BCUT2D eigenvalue weighted by Gasteiger charge is 2.26. The molecule has 0 amide bonds. The van der Waals surface area contributed by atoms with E-state index in [2.05, 4.69) is 57.8 Å². The van der Waals surface area contributed by atoms with Crippen LogP contribution in [0.3, 0.4) is 0 Å². The van der Waals surface area contributed by atoms with Crippen molar-refractivity contribution in [1.82, 2.24) is 0 Å². The number of hydrogen-bond acceptors (Lipinski definition) is 2. The number of aryl methyl sites for hydroxylation is 2. The minimum Gasteiger partial charge on any atom is -0.374 e. The van der Waals surface area contributed by atoms with Crippen LogP contribution in [0, 0.1) is 19.3 Å². The molecule has 0 spiro atoms. The average molecular weight is 248 g/mol. The normalized spacial score (nSPS) is 11.7. The number of hydrogen-bond donors (Lipinski definition) is 1. The molecule has 2 nitrogen and oxygen atoms in total. The van der Waals surface area contributed by atoms with Gasteiger partial charge in [-0.25, -0.2) is 0 Å². The van der Waals surface area contributed by atoms with Gasteiger partial charge in [-0.15, -0.1) is 0 Å². The van der Waals surface area contributed by atoms with Crippen molar-refractivity contribution in [3.63, 3.8) is 0 Å². The van der Waals surface area contributed by atoms with Crippen LogP contribution in [-0.2, 0) is 0 Å². The van der Waals surface area contributed by atoms with Crippen molar-refractivity contribution in [3.05, 3.63) is 29.3 Å². The van der Waals surface area contributed by atoms with Gasteiger partial charge < -0.3 is 10.6 Å². The molecule has 0 saturated carbocycles. The van der Waals surface area contributed by atoms with Crippen molar-refractivity contribution in [1.29, 1.82) is 0 Å². The first-order chi connectivity index (χ1) is 8.48. The van der Waals surface area contributed by atoms with Crippen LogP contribution in [0.4, 0.5) is 5.69 Å². The molecule has 0 saturated heterocycles. The van der Waals surface area contributed by atoms with E-state index in [4.69, 9.17) is 5.73 Å². The van der Waals surface area contributed by atoms with E-state index >= 15 is 0 Å². The Hall–Kier alpha value is -1.02. The highest BCUT2D eigenvalue weighted by molar-refractivity contribution is 5.54. The Morgan fingerprint density at radius 1 is 1.17 bits per heavy atom. The summed E-state index contributed by atoms with van der Waals surface area (Å²) in [5, 5.41) is 0. The number of rotatable bonds is 6. The lowest BCUT2D eigenvalue weighted by atomic mass is 9.82. The summed E-state index contributed by atoms with van der Waals surface area (Å²) < 4.78 is 0. The number of benzene rings is 1. The minimum absolute atomic E-state index is 0.242. The van der Waals surface area contributed by atoms with Gasteiger partial charge in [-0.1, -0.05) is 31.5 Å². The summed E-state index contributed by atoms with van der Waals surface area (Å²) in [6, 6.07) is 6.64. The fourth-order valence-corrected chi connectivity index (χ4v) is 2.65. The summed E-state index contributed by atoms with van der Waals surface area (Å²) in [6.45, 7) is 10.6. The molecular formula is C16H28N2. The third kappa shape index (κ3) is 3.26. The smallest absolute Gasteiger partial charge is 0.0393 e. The monoisotopic (exact) mass is 248 g/mol. The molecule has 102 valence electrons. The lowest BCUT2D eigenvalue weighted by Gasteiger charge is -2.36. The first kappa shape index (κ1) is 15.0. The number of nitrogens with zero attached hydrogens (tertiary/aromatic N) is 1. The summed E-state index contributed by atoms with van der Waals surface area (Å²) in [7, 11) is 2.17. The van der Waals surface area contributed by atoms with Crippen LogP contribution in [0.15, 0.2) is 18.2 Å². The van der Waals surface area contributed by atoms with Crippen molar-refractivity contribution in [2.24, 2.45) is 11.1 Å². The molecule has 0 aliphatic heterocycles. The van der Waals surface area contributed by atoms with Gasteiger partial charge in [0.05, 0.1) is 0 Å². The third-order valence-electron chi connectivity index (χ3n) is 4.27. The van der Waals surface area contributed by atoms with Gasteiger partial charge in [0, 0.05) is 19.3 Å². The molecule has 0 heterocycles. The minimum atomic E-state index is 0.242. The summed E-state index contributed by atoms with van der Waals surface area (Å²) in [5.41, 5.74) is 10.2. The molecule has 2 N–H and O–H groups in total. The molecule has 0 bridgehead atoms. The SMILES string of the molecule is CCC(CC)(CN)CN(C)c1ccc(C)cc1C. The fraction of sp³-hybridized carbons (Fsp3) is 0.625. The Morgan fingerprint density at radius 3 is 2.22 bits per heavy atom. The van der Waals surface area contributed by atoms with Crippen molar-refractivity contribution in [3.8, 4) is 0 Å². The van der Waals surface area contributed by atoms with Crippen molar-refractivity contribution in [2.75, 3.05) is 25.0 Å². The lowest BCUT2D eigenvalue weighted by molar-refractivity contribution is 0.280. The zero-order valence-corrected chi connectivity index (χ0v) is 12.6. The molecule has 18 heavy (non-hydrogen) atoms. The molecule has 0 aromatic heterocycles. The molecule has 0 radical (unpaired) electrons. The van der Waals surface area contributed by atoms with Gasteiger partial charge in [-0.3, -0.25) is 0 Å². The molecule has 1 aromatic rings. The van der Waals surface area contributed by atoms with Gasteiger partial charge in [-0.2, -0.15) is 0 Å². The third-order valence-corrected chi connectivity index (χ3v) is 4.27. The summed E-state index contributed by atoms with van der Waals surface area (Å²) in [5.74, 6) is 0. The molecule has 2 heteroatoms. The molecular weight excluding hydrogens is 220 g/mol. The second-order valence-electron chi connectivity index (χ2n) is 5.56. The van der Waals surface area contributed by atoms with Gasteiger partial charge >= 0.3 is 0 Å². The fourth-order valence-electron chi connectivity index (χ4n) is 2.65. The molecule has 1 aromatic carbocycles. The quantitative estimate of drug-likeness (QED) is 0.835. The van der Waals surface area contributed by atoms with E-state index < -0.39 is 0 Å². The van der Waals surface area contributed by atoms with Crippen LogP contribution in [0.5, 0.6) is 0 Å². The second kappa shape index (κ2) is 6.24. The number of anilines is 1. The lowest BCUT2D eigenvalue weighted by Crippen LogP contribution is -2.40. The summed E-state index contributed by atoms with van der Waals surface area (Å²) in [4.78, 5) is 2.36. The molecule has 0 unspecified atom stereocenters. The van der Waals surface area contributed by atoms with Gasteiger partial charge in [0.1, 0.15) is 0 Å². The van der Waals surface area contributed by atoms with E-state index in [9.17, 15) is 0 Å². The molecule has 0 aliphatic carbocycles. The van der Waals surface area contributed by atoms with Crippen LogP contribution in [-0.4, -0.2) is 20.1 Å². The van der Waals surface area contributed by atoms with Gasteiger partial charge in [-0.05, 0) is 50.3 Å². The van der Waals surface area contributed by atoms with E-state index in [1.165, 1.54) is 16.8 Å². The zero-order chi connectivity index (χ0) is 13.8. The summed E-state index contributed by atoms with van der Waals surface area (Å²) in [6.07, 6.45) is 2.27. The second-order valence-corrected chi connectivity index (χ2v) is 5.56. The first-order valence-corrected chi connectivity index (χ1v) is 6.96. The van der Waals surface area contributed by atoms with E-state index in [-0.39, 0.29) is 5.41 Å². The van der Waals surface area contributed by atoms with E-state index in [0.29, 0.717) is 0 Å². The van der Waals surface area contributed by atoms with Gasteiger partial charge in [0.2, 0.25) is 0 Å². The predicted molar refractivity (Wildman–Crippen MR) is 81.3 cm³/mol. The Labute approximate surface area is 112 Å². The Bertz CT molecular complexity index is 372. The van der Waals surface area contributed by atoms with Crippen LogP contribution >= 0.6 is 0 Å². The predicted octanol–water partition coefficient (Wildman–Crippen LogP) is 3.50. The Morgan fingerprint density at radius 2 is 1.78 bits per heavy atom. The molecule has 0 atom stereocenters. The first-order valence-electron chi connectivity index (χ1n) is 6.96. The van der Waals surface area contributed by atoms with Crippen molar-refractivity contribution < 1.29 is 0 Å². The molecule has 0 fully saturated rings. The highest BCUT2D eigenvalue weighted by Crippen LogP contribution is 2.29. The van der Waals surface area contributed by atoms with Crippen molar-refractivity contribution in [2.45, 2.75) is 40.5 Å². The van der Waals surface area contributed by atoms with E-state index in [1.807, 2.05) is 0 Å². The van der Waals surface area contributed by atoms with Gasteiger partial charge in [0.25, 0.3) is 0 Å². The highest BCUT2D eigenvalue weighted by atomic mass is 15.1. The maximum atomic E-state index is 5.99. The van der Waals surface area contributed by atoms with E-state index in [0.717, 1.165) is 25.9 Å². The van der Waals surface area contributed by atoms with Crippen LogP contribution in [0.2, 0.25) is 0 Å². The van der Waals surface area contributed by atoms with E-state index in [1.54, 1.807) is 0 Å². The Kier molecular flexibility index (Phi) is 5.21. The Balaban J connectivity index is 2.90. The maximum absolute atomic E-state index is 5.99. The topological polar surface area (TPSA) is 29.3 Å². The largest absolute Gasteiger partial charge is 0.374 e. The zero-order valence-electron chi connectivity index (χ0n) is 12.6. The molecule has 0 aliphatic rings. The van der Waals surface area contributed by atoms with Crippen LogP contribution < -0.4 is 10.6 Å². The average Bonchev–Trinajstić information content (AvgIpc) is 2.36. The van der Waals surface area contributed by atoms with Gasteiger partial charge in [0.15, 0.2) is 0 Å². The van der Waals surface area contributed by atoms with Crippen LogP contribution in [0.25, 0.3) is 0 Å². The standard InChI is InChI=1S/C16H28N2/c1-6-16(7-2,11-17)12-18(5)15-9-8-13(3)10-14(15)4/h8-10H,6-7,11-12,17H2,1-5H3. The maximum Gasteiger partial charge on any atom is 0.0393 e. The van der Waals surface area contributed by atoms with Crippen molar-refractivity contribution >= 4 is 5.69 Å². The van der Waals surface area contributed by atoms with Crippen LogP contribution in [0.1, 0.15) is 37.8 Å². The number of nitrogens with two attached hydrogens (primary N) is 1.